The van der Waals surface area contributed by atoms with Crippen LogP contribution in [0.15, 0.2) is 24.3 Å². The van der Waals surface area contributed by atoms with E-state index in [4.69, 9.17) is 5.73 Å². The average molecular weight is 223 g/mol. The van der Waals surface area contributed by atoms with Crippen LogP contribution in [-0.4, -0.2) is 17.0 Å². The molecule has 84 valence electrons. The van der Waals surface area contributed by atoms with E-state index in [0.29, 0.717) is 5.25 Å². The van der Waals surface area contributed by atoms with Crippen LogP contribution in [0.3, 0.4) is 0 Å². The maximum atomic E-state index is 6.07. The van der Waals surface area contributed by atoms with Gasteiger partial charge in [-0.25, -0.2) is 0 Å². The van der Waals surface area contributed by atoms with Crippen LogP contribution in [0, 0.1) is 6.92 Å². The largest absolute Gasteiger partial charge is 0.327 e. The summed E-state index contributed by atoms with van der Waals surface area (Å²) in [4.78, 5) is 0. The van der Waals surface area contributed by atoms with E-state index in [1.807, 2.05) is 11.8 Å². The number of hydrogen-bond donors (Lipinski definition) is 1. The number of nitrogens with two attached hydrogens (primary N) is 1. The Kier molecular flexibility index (Phi) is 5.20. The van der Waals surface area contributed by atoms with Crippen molar-refractivity contribution in [2.24, 2.45) is 5.73 Å². The highest BCUT2D eigenvalue weighted by molar-refractivity contribution is 7.99. The molecule has 0 aliphatic rings. The van der Waals surface area contributed by atoms with Crippen molar-refractivity contribution in [3.63, 3.8) is 0 Å². The molecule has 0 bridgehead atoms. The SMILES string of the molecule is Cc1ccc(CC(N)CSC(C)C)cc1. The predicted molar refractivity (Wildman–Crippen MR) is 70.5 cm³/mol. The minimum absolute atomic E-state index is 0.278. The van der Waals surface area contributed by atoms with Crippen LogP contribution >= 0.6 is 11.8 Å². The van der Waals surface area contributed by atoms with Crippen LogP contribution in [0.4, 0.5) is 0 Å². The summed E-state index contributed by atoms with van der Waals surface area (Å²) in [5.74, 6) is 1.05. The Bertz CT molecular complexity index is 279. The average Bonchev–Trinajstić information content (AvgIpc) is 2.19. The van der Waals surface area contributed by atoms with Gasteiger partial charge in [-0.3, -0.25) is 0 Å². The molecular weight excluding hydrogens is 202 g/mol. The highest BCUT2D eigenvalue weighted by Crippen LogP contribution is 2.12. The van der Waals surface area contributed by atoms with Gasteiger partial charge in [0.2, 0.25) is 0 Å². The van der Waals surface area contributed by atoms with E-state index < -0.39 is 0 Å². The normalized spacial score (nSPS) is 13.1. The topological polar surface area (TPSA) is 26.0 Å². The molecule has 1 rings (SSSR count). The molecule has 0 heterocycles. The number of rotatable bonds is 5. The quantitative estimate of drug-likeness (QED) is 0.830. The van der Waals surface area contributed by atoms with Crippen molar-refractivity contribution in [3.8, 4) is 0 Å². The molecule has 1 aromatic carbocycles. The smallest absolute Gasteiger partial charge is 0.0171 e. The first-order chi connectivity index (χ1) is 7.08. The third-order valence-corrected chi connectivity index (χ3v) is 3.55. The third-order valence-electron chi connectivity index (χ3n) is 2.26. The lowest BCUT2D eigenvalue weighted by Gasteiger charge is -2.13. The Morgan fingerprint density at radius 3 is 2.33 bits per heavy atom. The monoisotopic (exact) mass is 223 g/mol. The molecule has 1 unspecified atom stereocenters. The van der Waals surface area contributed by atoms with Gasteiger partial charge < -0.3 is 5.73 Å². The van der Waals surface area contributed by atoms with E-state index in [-0.39, 0.29) is 6.04 Å². The Labute approximate surface area is 97.4 Å². The molecule has 1 atom stereocenters. The molecule has 0 saturated carbocycles. The molecular formula is C13H21NS. The van der Waals surface area contributed by atoms with Gasteiger partial charge in [0.1, 0.15) is 0 Å². The summed E-state index contributed by atoms with van der Waals surface area (Å²) in [7, 11) is 0. The summed E-state index contributed by atoms with van der Waals surface area (Å²) in [6.45, 7) is 6.53. The van der Waals surface area contributed by atoms with Gasteiger partial charge in [-0.05, 0) is 24.2 Å². The molecule has 1 aromatic rings. The van der Waals surface area contributed by atoms with Crippen molar-refractivity contribution < 1.29 is 0 Å². The summed E-state index contributed by atoms with van der Waals surface area (Å²) in [5, 5.41) is 0.675. The summed E-state index contributed by atoms with van der Waals surface area (Å²) >= 11 is 1.94. The fourth-order valence-corrected chi connectivity index (χ4v) is 2.15. The summed E-state index contributed by atoms with van der Waals surface area (Å²) in [6, 6.07) is 8.93. The lowest BCUT2D eigenvalue weighted by Crippen LogP contribution is -2.26. The Morgan fingerprint density at radius 1 is 1.20 bits per heavy atom. The van der Waals surface area contributed by atoms with E-state index in [0.717, 1.165) is 12.2 Å². The molecule has 15 heavy (non-hydrogen) atoms. The minimum atomic E-state index is 0.278. The Hall–Kier alpha value is -0.470. The third kappa shape index (κ3) is 5.24. The zero-order chi connectivity index (χ0) is 11.3. The predicted octanol–water partition coefficient (Wildman–Crippen LogP) is 3.01. The maximum Gasteiger partial charge on any atom is 0.0171 e. The molecule has 0 aliphatic carbocycles. The number of benzene rings is 1. The van der Waals surface area contributed by atoms with Crippen molar-refractivity contribution in [1.82, 2.24) is 0 Å². The summed E-state index contributed by atoms with van der Waals surface area (Å²) in [5.41, 5.74) is 8.73. The number of hydrogen-bond acceptors (Lipinski definition) is 2. The van der Waals surface area contributed by atoms with Gasteiger partial charge >= 0.3 is 0 Å². The standard InChI is InChI=1S/C13H21NS/c1-10(2)15-9-13(14)8-12-6-4-11(3)5-7-12/h4-7,10,13H,8-9,14H2,1-3H3. The van der Waals surface area contributed by atoms with Crippen LogP contribution in [0.2, 0.25) is 0 Å². The van der Waals surface area contributed by atoms with Crippen molar-refractivity contribution in [2.45, 2.75) is 38.5 Å². The van der Waals surface area contributed by atoms with E-state index in [1.165, 1.54) is 11.1 Å². The molecule has 2 heteroatoms. The van der Waals surface area contributed by atoms with Crippen molar-refractivity contribution in [3.05, 3.63) is 35.4 Å². The fourth-order valence-electron chi connectivity index (χ4n) is 1.40. The van der Waals surface area contributed by atoms with Gasteiger partial charge in [0.25, 0.3) is 0 Å². The first kappa shape index (κ1) is 12.6. The molecule has 0 saturated heterocycles. The second-order valence-electron chi connectivity index (χ2n) is 4.33. The lowest BCUT2D eigenvalue weighted by molar-refractivity contribution is 0.747. The van der Waals surface area contributed by atoms with Crippen molar-refractivity contribution in [2.75, 3.05) is 5.75 Å². The molecule has 0 aliphatic heterocycles. The highest BCUT2D eigenvalue weighted by Gasteiger charge is 2.05. The Morgan fingerprint density at radius 2 is 1.80 bits per heavy atom. The van der Waals surface area contributed by atoms with Gasteiger partial charge in [0.05, 0.1) is 0 Å². The Balaban J connectivity index is 2.37. The second-order valence-corrected chi connectivity index (χ2v) is 5.94. The van der Waals surface area contributed by atoms with Gasteiger partial charge in [0.15, 0.2) is 0 Å². The van der Waals surface area contributed by atoms with E-state index >= 15 is 0 Å². The summed E-state index contributed by atoms with van der Waals surface area (Å²) in [6.07, 6.45) is 0.986. The van der Waals surface area contributed by atoms with Crippen LogP contribution in [0.1, 0.15) is 25.0 Å². The molecule has 0 amide bonds. The van der Waals surface area contributed by atoms with Gasteiger partial charge in [-0.2, -0.15) is 11.8 Å². The minimum Gasteiger partial charge on any atom is -0.327 e. The lowest BCUT2D eigenvalue weighted by atomic mass is 10.1. The highest BCUT2D eigenvalue weighted by atomic mass is 32.2. The fraction of sp³-hybridized carbons (Fsp3) is 0.538. The van der Waals surface area contributed by atoms with Crippen LogP contribution < -0.4 is 5.73 Å². The maximum absolute atomic E-state index is 6.07. The molecule has 2 N–H and O–H groups in total. The van der Waals surface area contributed by atoms with Gasteiger partial charge in [0, 0.05) is 11.8 Å². The van der Waals surface area contributed by atoms with Crippen molar-refractivity contribution >= 4 is 11.8 Å². The first-order valence-electron chi connectivity index (χ1n) is 5.50. The number of thioether (sulfide) groups is 1. The van der Waals surface area contributed by atoms with E-state index in [1.54, 1.807) is 0 Å². The summed E-state index contributed by atoms with van der Waals surface area (Å²) < 4.78 is 0. The van der Waals surface area contributed by atoms with Crippen LogP contribution in [-0.2, 0) is 6.42 Å². The van der Waals surface area contributed by atoms with Gasteiger partial charge in [-0.15, -0.1) is 0 Å². The second kappa shape index (κ2) is 6.19. The molecule has 0 radical (unpaired) electrons. The first-order valence-corrected chi connectivity index (χ1v) is 6.55. The molecule has 0 aromatic heterocycles. The molecule has 1 nitrogen and oxygen atoms in total. The van der Waals surface area contributed by atoms with Crippen LogP contribution in [0.25, 0.3) is 0 Å². The number of aryl methyl sites for hydroxylation is 1. The molecule has 0 spiro atoms. The van der Waals surface area contributed by atoms with Gasteiger partial charge in [-0.1, -0.05) is 43.7 Å². The zero-order valence-electron chi connectivity index (χ0n) is 9.86. The van der Waals surface area contributed by atoms with E-state index in [9.17, 15) is 0 Å². The van der Waals surface area contributed by atoms with E-state index in [2.05, 4.69) is 45.0 Å². The van der Waals surface area contributed by atoms with Crippen molar-refractivity contribution in [1.29, 1.82) is 0 Å². The molecule has 0 fully saturated rings. The zero-order valence-corrected chi connectivity index (χ0v) is 10.7. The van der Waals surface area contributed by atoms with Crippen LogP contribution in [0.5, 0.6) is 0 Å².